The monoisotopic (exact) mass is 421 g/mol. The molecule has 1 aliphatic rings. The summed E-state index contributed by atoms with van der Waals surface area (Å²) in [7, 11) is -1.32. The lowest BCUT2D eigenvalue weighted by atomic mass is 9.99. The summed E-state index contributed by atoms with van der Waals surface area (Å²) < 4.78 is 27.5. The minimum atomic E-state index is -3.43. The Morgan fingerprint density at radius 1 is 1.07 bits per heavy atom. The van der Waals surface area contributed by atoms with Crippen LogP contribution in [0.15, 0.2) is 36.4 Å². The molecular formula is C21H28ClN3O2S. The van der Waals surface area contributed by atoms with Crippen molar-refractivity contribution >= 4 is 33.0 Å². The van der Waals surface area contributed by atoms with Crippen LogP contribution in [-0.4, -0.2) is 52.3 Å². The minimum Gasteiger partial charge on any atom is -0.369 e. The number of hydrogen-bond acceptors (Lipinski definition) is 4. The van der Waals surface area contributed by atoms with Gasteiger partial charge in [-0.2, -0.15) is 0 Å². The Kier molecular flexibility index (Phi) is 6.53. The van der Waals surface area contributed by atoms with Crippen LogP contribution in [0.5, 0.6) is 0 Å². The van der Waals surface area contributed by atoms with Gasteiger partial charge in [0.1, 0.15) is 0 Å². The molecule has 1 heterocycles. The molecule has 0 radical (unpaired) electrons. The highest BCUT2D eigenvalue weighted by molar-refractivity contribution is 7.92. The van der Waals surface area contributed by atoms with Gasteiger partial charge in [-0.25, -0.2) is 8.42 Å². The molecule has 0 amide bonds. The van der Waals surface area contributed by atoms with Crippen LogP contribution in [0.1, 0.15) is 18.9 Å². The molecule has 2 aromatic rings. The van der Waals surface area contributed by atoms with Gasteiger partial charge in [0.25, 0.3) is 0 Å². The number of nitrogens with zero attached hydrogens (tertiary/aromatic N) is 2. The van der Waals surface area contributed by atoms with Crippen molar-refractivity contribution in [3.05, 3.63) is 47.0 Å². The van der Waals surface area contributed by atoms with E-state index >= 15 is 0 Å². The van der Waals surface area contributed by atoms with Crippen LogP contribution in [-0.2, 0) is 10.0 Å². The van der Waals surface area contributed by atoms with E-state index in [2.05, 4.69) is 27.6 Å². The van der Waals surface area contributed by atoms with Gasteiger partial charge in [-0.05, 0) is 43.7 Å². The highest BCUT2D eigenvalue weighted by atomic mass is 35.5. The van der Waals surface area contributed by atoms with Gasteiger partial charge in [0.15, 0.2) is 0 Å². The van der Waals surface area contributed by atoms with E-state index in [9.17, 15) is 8.42 Å². The summed E-state index contributed by atoms with van der Waals surface area (Å²) in [4.78, 5) is 4.58. The molecular weight excluding hydrogens is 394 g/mol. The minimum absolute atomic E-state index is 0.0712. The topological polar surface area (TPSA) is 52.7 Å². The highest BCUT2D eigenvalue weighted by Crippen LogP contribution is 2.40. The Hall–Kier alpha value is -1.76. The number of likely N-dealkylation sites (N-methyl/N-ethyl adjacent to an activating group) is 1. The predicted octanol–water partition coefficient (Wildman–Crippen LogP) is 4.22. The zero-order valence-electron chi connectivity index (χ0n) is 16.7. The molecule has 0 bridgehead atoms. The molecule has 2 aromatic carbocycles. The summed E-state index contributed by atoms with van der Waals surface area (Å²) in [5.41, 5.74) is 4.40. The predicted molar refractivity (Wildman–Crippen MR) is 119 cm³/mol. The molecule has 0 aromatic heterocycles. The number of rotatable bonds is 6. The van der Waals surface area contributed by atoms with Crippen LogP contribution >= 0.6 is 11.6 Å². The third kappa shape index (κ3) is 4.80. The molecule has 1 N–H and O–H groups in total. The second kappa shape index (κ2) is 8.72. The fourth-order valence-electron chi connectivity index (χ4n) is 3.49. The molecule has 0 unspecified atom stereocenters. The first-order valence-corrected chi connectivity index (χ1v) is 11.7. The summed E-state index contributed by atoms with van der Waals surface area (Å²) >= 11 is 6.70. The van der Waals surface area contributed by atoms with Crippen LogP contribution in [0.2, 0.25) is 5.02 Å². The van der Waals surface area contributed by atoms with E-state index in [-0.39, 0.29) is 5.75 Å². The van der Waals surface area contributed by atoms with Crippen LogP contribution < -0.4 is 9.62 Å². The Morgan fingerprint density at radius 3 is 2.39 bits per heavy atom. The number of nitrogens with one attached hydrogen (secondary N) is 1. The van der Waals surface area contributed by atoms with Crippen molar-refractivity contribution in [2.75, 3.05) is 48.6 Å². The first kappa shape index (κ1) is 21.0. The molecule has 3 rings (SSSR count). The zero-order chi connectivity index (χ0) is 20.3. The number of anilines is 2. The number of aryl methyl sites for hydroxylation is 1. The van der Waals surface area contributed by atoms with Crippen molar-refractivity contribution in [3.63, 3.8) is 0 Å². The molecule has 1 fully saturated rings. The Morgan fingerprint density at radius 2 is 1.75 bits per heavy atom. The fraction of sp³-hybridized carbons (Fsp3) is 0.429. The Bertz CT molecular complexity index is 939. The summed E-state index contributed by atoms with van der Waals surface area (Å²) in [6, 6.07) is 12.0. The maximum atomic E-state index is 12.4. The largest absolute Gasteiger partial charge is 0.369 e. The first-order chi connectivity index (χ1) is 13.3. The van der Waals surface area contributed by atoms with Crippen molar-refractivity contribution in [2.45, 2.75) is 20.3 Å². The second-order valence-corrected chi connectivity index (χ2v) is 9.60. The van der Waals surface area contributed by atoms with Crippen molar-refractivity contribution < 1.29 is 8.42 Å². The molecule has 5 nitrogen and oxygen atoms in total. The maximum absolute atomic E-state index is 12.4. The zero-order valence-corrected chi connectivity index (χ0v) is 18.3. The van der Waals surface area contributed by atoms with E-state index in [1.807, 2.05) is 44.2 Å². The third-order valence-electron chi connectivity index (χ3n) is 5.10. The number of piperazine rings is 1. The Balaban J connectivity index is 2.09. The van der Waals surface area contributed by atoms with E-state index in [4.69, 9.17) is 11.6 Å². The van der Waals surface area contributed by atoms with Gasteiger partial charge in [0.05, 0.1) is 16.5 Å². The van der Waals surface area contributed by atoms with E-state index in [1.54, 1.807) is 0 Å². The normalized spacial score (nSPS) is 15.6. The SMILES string of the molecule is CCCS(=O)(=O)Nc1cc(N2CCN(C)CC2)cc(-c2ccccc2C)c1Cl. The molecule has 0 saturated carbocycles. The molecule has 1 saturated heterocycles. The quantitative estimate of drug-likeness (QED) is 0.758. The lowest BCUT2D eigenvalue weighted by molar-refractivity contribution is 0.313. The van der Waals surface area contributed by atoms with Crippen LogP contribution in [0.4, 0.5) is 11.4 Å². The van der Waals surface area contributed by atoms with Crippen molar-refractivity contribution in [3.8, 4) is 11.1 Å². The molecule has 0 aliphatic carbocycles. The van der Waals surface area contributed by atoms with Gasteiger partial charge < -0.3 is 9.80 Å². The van der Waals surface area contributed by atoms with Gasteiger partial charge in [-0.3, -0.25) is 4.72 Å². The van der Waals surface area contributed by atoms with Gasteiger partial charge in [-0.1, -0.05) is 42.8 Å². The van der Waals surface area contributed by atoms with Gasteiger partial charge >= 0.3 is 0 Å². The van der Waals surface area contributed by atoms with Gasteiger partial charge in [0.2, 0.25) is 10.0 Å². The number of benzene rings is 2. The molecule has 1 aliphatic heterocycles. The standard InChI is InChI=1S/C21H28ClN3O2S/c1-4-13-28(26,27)23-20-15-17(25-11-9-24(3)10-12-25)14-19(21(20)22)18-8-6-5-7-16(18)2/h5-8,14-15,23H,4,9-13H2,1-3H3. The summed E-state index contributed by atoms with van der Waals surface area (Å²) in [6.45, 7) is 7.62. The summed E-state index contributed by atoms with van der Waals surface area (Å²) in [5, 5.41) is 0.437. The summed E-state index contributed by atoms with van der Waals surface area (Å²) in [5.74, 6) is 0.0712. The summed E-state index contributed by atoms with van der Waals surface area (Å²) in [6.07, 6.45) is 0.551. The van der Waals surface area contributed by atoms with E-state index in [1.165, 1.54) is 0 Å². The van der Waals surface area contributed by atoms with Gasteiger partial charge in [0, 0.05) is 37.4 Å². The van der Waals surface area contributed by atoms with E-state index in [0.29, 0.717) is 17.1 Å². The Labute approximate surface area is 173 Å². The van der Waals surface area contributed by atoms with Crippen molar-refractivity contribution in [2.24, 2.45) is 0 Å². The number of halogens is 1. The smallest absolute Gasteiger partial charge is 0.232 e. The lowest BCUT2D eigenvalue weighted by Gasteiger charge is -2.34. The molecule has 7 heteroatoms. The third-order valence-corrected chi connectivity index (χ3v) is 6.98. The van der Waals surface area contributed by atoms with Crippen LogP contribution in [0, 0.1) is 6.92 Å². The molecule has 28 heavy (non-hydrogen) atoms. The van der Waals surface area contributed by atoms with Crippen molar-refractivity contribution in [1.29, 1.82) is 0 Å². The molecule has 152 valence electrons. The molecule has 0 spiro atoms. The highest BCUT2D eigenvalue weighted by Gasteiger charge is 2.21. The average molecular weight is 422 g/mol. The van der Waals surface area contributed by atoms with Crippen molar-refractivity contribution in [1.82, 2.24) is 4.90 Å². The number of sulfonamides is 1. The second-order valence-electron chi connectivity index (χ2n) is 7.38. The van der Waals surface area contributed by atoms with E-state index < -0.39 is 10.0 Å². The number of hydrogen-bond donors (Lipinski definition) is 1. The first-order valence-electron chi connectivity index (χ1n) is 9.64. The molecule has 0 atom stereocenters. The van der Waals surface area contributed by atoms with Crippen LogP contribution in [0.3, 0.4) is 0 Å². The van der Waals surface area contributed by atoms with Crippen LogP contribution in [0.25, 0.3) is 11.1 Å². The van der Waals surface area contributed by atoms with E-state index in [0.717, 1.165) is 48.6 Å². The maximum Gasteiger partial charge on any atom is 0.232 e. The lowest BCUT2D eigenvalue weighted by Crippen LogP contribution is -2.44. The average Bonchev–Trinajstić information content (AvgIpc) is 2.64. The fourth-order valence-corrected chi connectivity index (χ4v) is 4.94. The van der Waals surface area contributed by atoms with Gasteiger partial charge in [-0.15, -0.1) is 0 Å².